The number of aromatic amines is 1. The molecule has 3 aromatic carbocycles. The summed E-state index contributed by atoms with van der Waals surface area (Å²) in [7, 11) is -3.02. The minimum Gasteiger partial charge on any atom is -0.493 e. The molecule has 0 radical (unpaired) electrons. The molecule has 6 aliphatic heterocycles. The number of benzene rings is 3. The molecule has 4 saturated heterocycles. The molecular formula is C64H77N11O11S. The summed E-state index contributed by atoms with van der Waals surface area (Å²) in [4.78, 5) is 51.6. The monoisotopic (exact) mass is 1210 g/mol. The highest BCUT2D eigenvalue weighted by molar-refractivity contribution is 7.90. The van der Waals surface area contributed by atoms with Gasteiger partial charge in [0.25, 0.3) is 21.6 Å². The Kier molecular flexibility index (Phi) is 15.2. The highest BCUT2D eigenvalue weighted by Gasteiger charge is 2.51. The van der Waals surface area contributed by atoms with Crippen LogP contribution in [0.3, 0.4) is 0 Å². The van der Waals surface area contributed by atoms with Gasteiger partial charge in [0.05, 0.1) is 65.7 Å². The highest BCUT2D eigenvalue weighted by atomic mass is 32.2. The fourth-order valence-corrected chi connectivity index (χ4v) is 16.2. The molecule has 8 aliphatic rings. The second kappa shape index (κ2) is 23.0. The van der Waals surface area contributed by atoms with E-state index in [0.717, 1.165) is 112 Å². The minimum absolute atomic E-state index is 0.00318. The van der Waals surface area contributed by atoms with Crippen LogP contribution in [-0.4, -0.2) is 165 Å². The predicted molar refractivity (Wildman–Crippen MR) is 328 cm³/mol. The molecule has 3 aromatic heterocycles. The quantitative estimate of drug-likeness (QED) is 0.0628. The van der Waals surface area contributed by atoms with Crippen molar-refractivity contribution in [1.82, 2.24) is 29.5 Å². The SMILES string of the molecule is COc1cc(CN2CCN(C3CC4(CCN(c5ccc(C(=O)NS(=O)(=O)c6cc7c(c([N+](=O)[O-])c6)N[C@@H](C6CCC(C)(O)CC6)CO7)c(N6c7cc8cc[nH]c8nc7O[C@H]7COCC[C@@H]76)c5)CC4)C3)[C@H](c3ccccc3C)C2)cnc1N1CCOCC1. The number of carbonyl (C=O) groups excluding carboxylic acids is 1. The second-order valence-electron chi connectivity index (χ2n) is 25.7. The first-order chi connectivity index (χ1) is 42.1. The number of rotatable bonds is 13. The van der Waals surface area contributed by atoms with E-state index in [4.69, 9.17) is 33.7 Å². The number of aromatic nitrogens is 3. The number of pyridine rings is 2. The van der Waals surface area contributed by atoms with E-state index < -0.39 is 43.1 Å². The lowest BCUT2D eigenvalue weighted by atomic mass is 9.59. The maximum atomic E-state index is 15.0. The highest BCUT2D eigenvalue weighted by Crippen LogP contribution is 2.54. The zero-order chi connectivity index (χ0) is 59.8. The van der Waals surface area contributed by atoms with E-state index in [9.17, 15) is 28.4 Å². The van der Waals surface area contributed by atoms with E-state index in [1.807, 2.05) is 43.6 Å². The molecular weight excluding hydrogens is 1130 g/mol. The zero-order valence-corrected chi connectivity index (χ0v) is 50.4. The maximum absolute atomic E-state index is 15.0. The summed E-state index contributed by atoms with van der Waals surface area (Å²) in [5, 5.41) is 27.4. The number of piperazine rings is 1. The Morgan fingerprint density at radius 2 is 1.71 bits per heavy atom. The Morgan fingerprint density at radius 3 is 2.49 bits per heavy atom. The Labute approximate surface area is 506 Å². The fraction of sp³-hybridized carbons (Fsp3) is 0.516. The van der Waals surface area contributed by atoms with Crippen molar-refractivity contribution in [2.75, 3.05) is 106 Å². The van der Waals surface area contributed by atoms with Crippen LogP contribution in [0.2, 0.25) is 0 Å². The summed E-state index contributed by atoms with van der Waals surface area (Å²) in [6.45, 7) is 13.1. The van der Waals surface area contributed by atoms with Crippen LogP contribution in [0.5, 0.6) is 17.4 Å². The summed E-state index contributed by atoms with van der Waals surface area (Å²) in [5.74, 6) is 1.21. The summed E-state index contributed by atoms with van der Waals surface area (Å²) in [6.07, 6.45) is 10.7. The molecule has 2 saturated carbocycles. The van der Waals surface area contributed by atoms with Crippen molar-refractivity contribution in [2.24, 2.45) is 11.3 Å². The molecule has 14 rings (SSSR count). The molecule has 9 heterocycles. The van der Waals surface area contributed by atoms with Crippen LogP contribution in [0.1, 0.15) is 97.8 Å². The van der Waals surface area contributed by atoms with Gasteiger partial charge in [-0.3, -0.25) is 24.7 Å². The molecule has 6 aromatic rings. The number of hydrogen-bond donors (Lipinski definition) is 4. The van der Waals surface area contributed by atoms with Gasteiger partial charge in [-0.05, 0) is 136 Å². The average molecular weight is 1210 g/mol. The number of methoxy groups -OCH3 is 1. The Morgan fingerprint density at radius 1 is 0.908 bits per heavy atom. The van der Waals surface area contributed by atoms with Gasteiger partial charge < -0.3 is 53.8 Å². The third kappa shape index (κ3) is 11.2. The molecule has 1 spiro atoms. The van der Waals surface area contributed by atoms with E-state index in [1.165, 1.54) is 17.2 Å². The number of piperidine rings is 1. The first-order valence-electron chi connectivity index (χ1n) is 30.9. The summed E-state index contributed by atoms with van der Waals surface area (Å²) in [6, 6.07) is 22.8. The third-order valence-electron chi connectivity index (χ3n) is 20.2. The van der Waals surface area contributed by atoms with Crippen molar-refractivity contribution in [1.29, 1.82) is 0 Å². The van der Waals surface area contributed by atoms with Crippen molar-refractivity contribution in [3.8, 4) is 17.4 Å². The lowest BCUT2D eigenvalue weighted by Gasteiger charge is -2.58. The Balaban J connectivity index is 0.711. The van der Waals surface area contributed by atoms with Crippen molar-refractivity contribution >= 4 is 61.2 Å². The summed E-state index contributed by atoms with van der Waals surface area (Å²) < 4.78 is 61.5. The van der Waals surface area contributed by atoms with Crippen LogP contribution in [0.25, 0.3) is 11.0 Å². The smallest absolute Gasteiger partial charge is 0.297 e. The molecule has 460 valence electrons. The summed E-state index contributed by atoms with van der Waals surface area (Å²) in [5.41, 5.74) is 5.56. The standard InChI is InChI=1S/C64H77N11O11S/c1-40-6-4-5-7-47(40)54-37-70(36-41-28-56(82-3)60(66-35-41)72-23-26-83-27-24-72)21-22-73(54)45-33-64(34-45)16-19-71(20-17-64)44-8-9-48(51(30-44)74-50-13-25-84-39-57(50)86-62-53(74)29-43-12-18-65-59(43)68-62)61(76)69-87(80,81)46-31-52(75(78)79)58-55(32-46)85-38-49(67-58)42-10-14-63(2,77)15-11-42/h4-9,12,18,28-32,35,42,45,49-50,54,57,67,77H,10-11,13-17,19-27,33-34,36-39H2,1-3H3,(H,65,68)(H,69,76)/t42?,49-,50+,54+,57+,63?/m1/s1. The van der Waals surface area contributed by atoms with Gasteiger partial charge in [-0.25, -0.2) is 18.1 Å². The molecule has 2 aliphatic carbocycles. The molecule has 22 nitrogen and oxygen atoms in total. The van der Waals surface area contributed by atoms with E-state index in [-0.39, 0.29) is 59.7 Å². The van der Waals surface area contributed by atoms with Crippen LogP contribution in [0.15, 0.2) is 90.1 Å². The molecule has 0 unspecified atom stereocenters. The molecule has 87 heavy (non-hydrogen) atoms. The maximum Gasteiger partial charge on any atom is 0.297 e. The number of aliphatic hydroxyl groups is 1. The molecule has 4 atom stereocenters. The van der Waals surface area contributed by atoms with Crippen molar-refractivity contribution in [3.05, 3.63) is 118 Å². The molecule has 23 heteroatoms. The van der Waals surface area contributed by atoms with E-state index in [2.05, 4.69) is 76.8 Å². The normalized spacial score (nSPS) is 25.9. The summed E-state index contributed by atoms with van der Waals surface area (Å²) >= 11 is 0. The number of aryl methyl sites for hydroxylation is 1. The average Bonchev–Trinajstić information content (AvgIpc) is 1.64. The van der Waals surface area contributed by atoms with Crippen LogP contribution in [-0.2, 0) is 26.0 Å². The van der Waals surface area contributed by atoms with Gasteiger partial charge in [-0.2, -0.15) is 4.98 Å². The van der Waals surface area contributed by atoms with E-state index >= 15 is 0 Å². The van der Waals surface area contributed by atoms with E-state index in [0.29, 0.717) is 80.9 Å². The van der Waals surface area contributed by atoms with Gasteiger partial charge in [0.15, 0.2) is 23.0 Å². The van der Waals surface area contributed by atoms with Gasteiger partial charge in [0.1, 0.15) is 24.0 Å². The number of fused-ring (bicyclic) bond motifs is 4. The van der Waals surface area contributed by atoms with Crippen LogP contribution in [0.4, 0.5) is 34.3 Å². The topological polar surface area (TPSA) is 243 Å². The molecule has 6 fully saturated rings. The number of anilines is 5. The fourth-order valence-electron chi connectivity index (χ4n) is 15.2. The number of ether oxygens (including phenoxy) is 5. The van der Waals surface area contributed by atoms with Gasteiger partial charge in [-0.15, -0.1) is 0 Å². The minimum atomic E-state index is -4.74. The first kappa shape index (κ1) is 57.5. The molecule has 4 N–H and O–H groups in total. The lowest BCUT2D eigenvalue weighted by molar-refractivity contribution is -0.384. The number of hydrogen-bond acceptors (Lipinski definition) is 19. The van der Waals surface area contributed by atoms with Crippen LogP contribution < -0.4 is 38.9 Å². The first-order valence-corrected chi connectivity index (χ1v) is 32.4. The number of amides is 1. The Hall–Kier alpha value is -7.28. The number of nitrogens with zero attached hydrogens (tertiary/aromatic N) is 8. The number of morpholine rings is 1. The molecule has 1 amide bonds. The zero-order valence-electron chi connectivity index (χ0n) is 49.6. The number of nitro benzene ring substituents is 1. The van der Waals surface area contributed by atoms with Gasteiger partial charge in [0, 0.05) is 107 Å². The van der Waals surface area contributed by atoms with Crippen LogP contribution in [0, 0.1) is 28.4 Å². The predicted octanol–water partition coefficient (Wildman–Crippen LogP) is 8.25. The molecule has 0 bridgehead atoms. The number of nitrogens with one attached hydrogen (secondary N) is 3. The largest absolute Gasteiger partial charge is 0.493 e. The van der Waals surface area contributed by atoms with Crippen molar-refractivity contribution < 1.29 is 46.9 Å². The number of carbonyl (C=O) groups is 1. The number of H-pyrrole nitrogens is 1. The Bertz CT molecular complexity index is 3700. The van der Waals surface area contributed by atoms with Crippen molar-refractivity contribution in [3.63, 3.8) is 0 Å². The second-order valence-corrected chi connectivity index (χ2v) is 27.3. The van der Waals surface area contributed by atoms with Crippen LogP contribution >= 0.6 is 0 Å². The number of nitro groups is 1. The number of sulfonamides is 1. The van der Waals surface area contributed by atoms with E-state index in [1.54, 1.807) is 13.2 Å². The van der Waals surface area contributed by atoms with Gasteiger partial charge in [0.2, 0.25) is 5.88 Å². The van der Waals surface area contributed by atoms with Crippen molar-refractivity contribution in [2.45, 2.75) is 119 Å². The lowest BCUT2D eigenvalue weighted by Crippen LogP contribution is -2.59. The third-order valence-corrected chi connectivity index (χ3v) is 21.5. The van der Waals surface area contributed by atoms with Gasteiger partial charge in [-0.1, -0.05) is 24.3 Å². The van der Waals surface area contributed by atoms with Gasteiger partial charge >= 0.3 is 0 Å².